The van der Waals surface area contributed by atoms with E-state index >= 15 is 0 Å². The highest BCUT2D eigenvalue weighted by molar-refractivity contribution is 5.60. The topological polar surface area (TPSA) is 125 Å². The number of ether oxygens (including phenoxy) is 2. The minimum Gasteiger partial charge on any atom is -0.470 e. The molecule has 19 heavy (non-hydrogen) atoms. The first-order valence-corrected chi connectivity index (χ1v) is 5.92. The van der Waals surface area contributed by atoms with Crippen molar-refractivity contribution in [3.63, 3.8) is 0 Å². The van der Waals surface area contributed by atoms with Gasteiger partial charge in [0, 0.05) is 6.61 Å². The fourth-order valence-corrected chi connectivity index (χ4v) is 1.85. The molecule has 1 saturated heterocycles. The van der Waals surface area contributed by atoms with Crippen LogP contribution in [0.4, 0.5) is 11.5 Å². The summed E-state index contributed by atoms with van der Waals surface area (Å²) in [5.74, 6) is 4.98. The van der Waals surface area contributed by atoms with Crippen molar-refractivity contribution < 1.29 is 14.4 Å². The van der Waals surface area contributed by atoms with Gasteiger partial charge in [-0.05, 0) is 19.3 Å². The van der Waals surface area contributed by atoms with Crippen molar-refractivity contribution >= 4 is 11.5 Å². The molecule has 0 bridgehead atoms. The number of hydrazine groups is 1. The molecular formula is C10H15N5O4. The van der Waals surface area contributed by atoms with Crippen LogP contribution < -0.4 is 16.0 Å². The van der Waals surface area contributed by atoms with Crippen LogP contribution in [0.3, 0.4) is 0 Å². The van der Waals surface area contributed by atoms with Crippen molar-refractivity contribution in [3.8, 4) is 5.88 Å². The summed E-state index contributed by atoms with van der Waals surface area (Å²) in [4.78, 5) is 17.8. The average Bonchev–Trinajstić information content (AvgIpc) is 2.45. The molecule has 1 aromatic rings. The van der Waals surface area contributed by atoms with Gasteiger partial charge in [0.15, 0.2) is 0 Å². The third kappa shape index (κ3) is 3.26. The minimum absolute atomic E-state index is 0.0578. The first kappa shape index (κ1) is 13.4. The predicted molar refractivity (Wildman–Crippen MR) is 65.6 cm³/mol. The van der Waals surface area contributed by atoms with E-state index in [1.807, 2.05) is 0 Å². The summed E-state index contributed by atoms with van der Waals surface area (Å²) in [6.45, 7) is 0.914. The molecule has 1 aliphatic rings. The van der Waals surface area contributed by atoms with Crippen molar-refractivity contribution in [1.29, 1.82) is 0 Å². The summed E-state index contributed by atoms with van der Waals surface area (Å²) in [5, 5.41) is 11.0. The van der Waals surface area contributed by atoms with Gasteiger partial charge in [-0.2, -0.15) is 4.98 Å². The molecule has 0 spiro atoms. The lowest BCUT2D eigenvalue weighted by molar-refractivity contribution is -0.385. The van der Waals surface area contributed by atoms with Crippen LogP contribution in [0.5, 0.6) is 5.88 Å². The largest absolute Gasteiger partial charge is 0.470 e. The number of hydrogen-bond acceptors (Lipinski definition) is 8. The normalized spacial score (nSPS) is 18.9. The highest BCUT2D eigenvalue weighted by Crippen LogP contribution is 2.30. The lowest BCUT2D eigenvalue weighted by Gasteiger charge is -2.22. The third-order valence-electron chi connectivity index (χ3n) is 2.79. The Hall–Kier alpha value is -2.00. The summed E-state index contributed by atoms with van der Waals surface area (Å²) < 4.78 is 10.8. The third-order valence-corrected chi connectivity index (χ3v) is 2.79. The molecule has 0 saturated carbocycles. The lowest BCUT2D eigenvalue weighted by atomic mass is 10.1. The van der Waals surface area contributed by atoms with Crippen molar-refractivity contribution in [2.45, 2.75) is 25.4 Å². The molecule has 1 aliphatic heterocycles. The van der Waals surface area contributed by atoms with Crippen LogP contribution in [-0.4, -0.2) is 34.2 Å². The summed E-state index contributed by atoms with van der Waals surface area (Å²) >= 11 is 0. The second-order valence-electron chi connectivity index (χ2n) is 4.08. The zero-order valence-corrected chi connectivity index (χ0v) is 10.2. The van der Waals surface area contributed by atoms with Crippen LogP contribution in [0.25, 0.3) is 0 Å². The van der Waals surface area contributed by atoms with Crippen LogP contribution in [-0.2, 0) is 4.74 Å². The van der Waals surface area contributed by atoms with Gasteiger partial charge >= 0.3 is 5.69 Å². The second-order valence-corrected chi connectivity index (χ2v) is 4.08. The fourth-order valence-electron chi connectivity index (χ4n) is 1.85. The molecule has 104 valence electrons. The minimum atomic E-state index is -0.633. The highest BCUT2D eigenvalue weighted by atomic mass is 16.6. The number of nitrogens with two attached hydrogens (primary N) is 1. The van der Waals surface area contributed by atoms with E-state index in [4.69, 9.17) is 15.3 Å². The van der Waals surface area contributed by atoms with Gasteiger partial charge in [-0.3, -0.25) is 10.1 Å². The summed E-state index contributed by atoms with van der Waals surface area (Å²) in [5.41, 5.74) is 1.78. The zero-order chi connectivity index (χ0) is 13.7. The molecular weight excluding hydrogens is 254 g/mol. The summed E-state index contributed by atoms with van der Waals surface area (Å²) in [6.07, 6.45) is 4.07. The van der Waals surface area contributed by atoms with Crippen molar-refractivity contribution in [3.05, 3.63) is 16.4 Å². The molecule has 2 heterocycles. The number of nitro groups is 1. The second kappa shape index (κ2) is 6.25. The number of hydrogen-bond donors (Lipinski definition) is 2. The molecule has 0 amide bonds. The van der Waals surface area contributed by atoms with Crippen molar-refractivity contribution in [1.82, 2.24) is 9.97 Å². The maximum Gasteiger partial charge on any atom is 0.374 e. The Morgan fingerprint density at radius 2 is 2.42 bits per heavy atom. The molecule has 0 aromatic carbocycles. The van der Waals surface area contributed by atoms with Gasteiger partial charge in [0.1, 0.15) is 12.9 Å². The van der Waals surface area contributed by atoms with E-state index in [2.05, 4.69) is 15.4 Å². The van der Waals surface area contributed by atoms with Gasteiger partial charge in [0.2, 0.25) is 5.82 Å². The molecule has 9 nitrogen and oxygen atoms in total. The van der Waals surface area contributed by atoms with Gasteiger partial charge in [-0.1, -0.05) is 0 Å². The van der Waals surface area contributed by atoms with E-state index < -0.39 is 4.92 Å². The van der Waals surface area contributed by atoms with Crippen LogP contribution in [0.15, 0.2) is 6.33 Å². The van der Waals surface area contributed by atoms with Crippen molar-refractivity contribution in [2.75, 3.05) is 18.6 Å². The van der Waals surface area contributed by atoms with Gasteiger partial charge in [-0.25, -0.2) is 10.8 Å². The number of aromatic nitrogens is 2. The van der Waals surface area contributed by atoms with Crippen LogP contribution in [0.1, 0.15) is 19.3 Å². The van der Waals surface area contributed by atoms with Crippen LogP contribution in [0.2, 0.25) is 0 Å². The first-order valence-electron chi connectivity index (χ1n) is 5.92. The SMILES string of the molecule is NNc1ncnc(OCC2CCCCO2)c1[N+](=O)[O-]. The van der Waals surface area contributed by atoms with E-state index in [0.717, 1.165) is 25.6 Å². The van der Waals surface area contributed by atoms with Crippen LogP contribution in [0, 0.1) is 10.1 Å². The number of nitrogen functional groups attached to an aromatic ring is 1. The number of nitrogens with one attached hydrogen (secondary N) is 1. The maximum atomic E-state index is 11.0. The average molecular weight is 269 g/mol. The number of nitrogens with zero attached hydrogens (tertiary/aromatic N) is 3. The van der Waals surface area contributed by atoms with Gasteiger partial charge in [0.25, 0.3) is 5.88 Å². The van der Waals surface area contributed by atoms with E-state index in [1.165, 1.54) is 0 Å². The first-order chi connectivity index (χ1) is 9.22. The van der Waals surface area contributed by atoms with Gasteiger partial charge in [0.05, 0.1) is 11.0 Å². The van der Waals surface area contributed by atoms with E-state index in [1.54, 1.807) is 0 Å². The van der Waals surface area contributed by atoms with Crippen molar-refractivity contribution in [2.24, 2.45) is 5.84 Å². The monoisotopic (exact) mass is 269 g/mol. The molecule has 3 N–H and O–H groups in total. The molecule has 0 aliphatic carbocycles. The quantitative estimate of drug-likeness (QED) is 0.452. The maximum absolute atomic E-state index is 11.0. The lowest BCUT2D eigenvalue weighted by Crippen LogP contribution is -2.26. The van der Waals surface area contributed by atoms with E-state index in [-0.39, 0.29) is 30.1 Å². The Balaban J connectivity index is 2.08. The smallest absolute Gasteiger partial charge is 0.374 e. The molecule has 1 fully saturated rings. The molecule has 9 heteroatoms. The molecule has 1 aromatic heterocycles. The Morgan fingerprint density at radius 1 is 1.58 bits per heavy atom. The van der Waals surface area contributed by atoms with E-state index in [9.17, 15) is 10.1 Å². The van der Waals surface area contributed by atoms with E-state index in [0.29, 0.717) is 6.61 Å². The molecule has 2 rings (SSSR count). The fraction of sp³-hybridized carbons (Fsp3) is 0.600. The highest BCUT2D eigenvalue weighted by Gasteiger charge is 2.25. The van der Waals surface area contributed by atoms with Gasteiger partial charge < -0.3 is 14.9 Å². The Labute approximate surface area is 109 Å². The molecule has 0 radical (unpaired) electrons. The number of rotatable bonds is 5. The standard InChI is InChI=1S/C10H15N5O4/c11-14-9-8(15(16)17)10(13-6-12-9)19-5-7-3-1-2-4-18-7/h6-7H,1-5,11H2,(H,12,13,14). The summed E-state index contributed by atoms with van der Waals surface area (Å²) in [7, 11) is 0. The van der Waals surface area contributed by atoms with Gasteiger partial charge in [-0.15, -0.1) is 0 Å². The number of anilines is 1. The Morgan fingerprint density at radius 3 is 3.05 bits per heavy atom. The van der Waals surface area contributed by atoms with Crippen LogP contribution >= 0.6 is 0 Å². The zero-order valence-electron chi connectivity index (χ0n) is 10.2. The summed E-state index contributed by atoms with van der Waals surface area (Å²) in [6, 6.07) is 0. The predicted octanol–water partition coefficient (Wildman–Crippen LogP) is 0.618. The molecule has 1 atom stereocenters. The Kier molecular flexibility index (Phi) is 4.42. The Bertz CT molecular complexity index is 450. The molecule has 1 unspecified atom stereocenters.